The first-order valence-corrected chi connectivity index (χ1v) is 10.7. The number of hydrogen-bond acceptors (Lipinski definition) is 4. The maximum absolute atomic E-state index is 12.1. The van der Waals surface area contributed by atoms with Crippen molar-refractivity contribution >= 4 is 35.0 Å². The summed E-state index contributed by atoms with van der Waals surface area (Å²) in [6, 6.07) is 18.3. The van der Waals surface area contributed by atoms with Crippen molar-refractivity contribution in [1.29, 1.82) is 0 Å². The molecule has 4 nitrogen and oxygen atoms in total. The van der Waals surface area contributed by atoms with Crippen molar-refractivity contribution in [3.05, 3.63) is 59.6 Å². The van der Waals surface area contributed by atoms with E-state index in [9.17, 15) is 4.79 Å². The molecule has 0 unspecified atom stereocenters. The topological polar surface area (TPSA) is 35.6 Å². The van der Waals surface area contributed by atoms with Crippen molar-refractivity contribution in [2.24, 2.45) is 0 Å². The molecular weight excluding hydrogens is 378 g/mol. The molecule has 1 aliphatic rings. The molecule has 1 fully saturated rings. The minimum Gasteiger partial charge on any atom is -0.369 e. The summed E-state index contributed by atoms with van der Waals surface area (Å²) in [4.78, 5) is 18.0. The second-order valence-electron chi connectivity index (χ2n) is 6.61. The Labute approximate surface area is 170 Å². The van der Waals surface area contributed by atoms with Crippen LogP contribution in [-0.2, 0) is 4.79 Å². The van der Waals surface area contributed by atoms with Crippen LogP contribution in [0, 0.1) is 0 Å². The number of carbonyl (C=O) groups is 1. The van der Waals surface area contributed by atoms with Crippen molar-refractivity contribution in [3.63, 3.8) is 0 Å². The molecule has 6 heteroatoms. The van der Waals surface area contributed by atoms with E-state index in [1.54, 1.807) is 0 Å². The van der Waals surface area contributed by atoms with E-state index in [-0.39, 0.29) is 5.91 Å². The molecule has 0 atom stereocenters. The van der Waals surface area contributed by atoms with Gasteiger partial charge in [-0.2, -0.15) is 0 Å². The number of anilines is 1. The maximum atomic E-state index is 12.1. The van der Waals surface area contributed by atoms with Gasteiger partial charge in [0.2, 0.25) is 5.91 Å². The van der Waals surface area contributed by atoms with Gasteiger partial charge in [0.05, 0.1) is 6.54 Å². The highest BCUT2D eigenvalue weighted by Gasteiger charge is 2.19. The molecule has 2 aromatic carbocycles. The van der Waals surface area contributed by atoms with E-state index < -0.39 is 0 Å². The lowest BCUT2D eigenvalue weighted by Crippen LogP contribution is -2.49. The van der Waals surface area contributed by atoms with E-state index in [0.717, 1.165) is 55.6 Å². The lowest BCUT2D eigenvalue weighted by atomic mass is 10.2. The van der Waals surface area contributed by atoms with Gasteiger partial charge in [-0.25, -0.2) is 0 Å². The van der Waals surface area contributed by atoms with Crippen molar-refractivity contribution < 1.29 is 4.79 Å². The monoisotopic (exact) mass is 403 g/mol. The van der Waals surface area contributed by atoms with Gasteiger partial charge in [0, 0.05) is 48.3 Å². The summed E-state index contributed by atoms with van der Waals surface area (Å²) in [5.74, 6) is 1.14. The van der Waals surface area contributed by atoms with Gasteiger partial charge in [-0.05, 0) is 42.5 Å². The molecule has 144 valence electrons. The molecule has 1 saturated heterocycles. The number of amides is 1. The minimum atomic E-state index is 0.121. The van der Waals surface area contributed by atoms with Gasteiger partial charge >= 0.3 is 0 Å². The first-order chi connectivity index (χ1) is 13.2. The highest BCUT2D eigenvalue weighted by Crippen LogP contribution is 2.20. The third-order valence-electron chi connectivity index (χ3n) is 4.57. The zero-order valence-electron chi connectivity index (χ0n) is 15.4. The Morgan fingerprint density at radius 2 is 1.81 bits per heavy atom. The summed E-state index contributed by atoms with van der Waals surface area (Å²) < 4.78 is 0. The first-order valence-electron chi connectivity index (χ1n) is 9.38. The predicted molar refractivity (Wildman–Crippen MR) is 115 cm³/mol. The van der Waals surface area contributed by atoms with Crippen molar-refractivity contribution in [2.45, 2.75) is 11.3 Å². The number of rotatable bonds is 8. The van der Waals surface area contributed by atoms with Gasteiger partial charge in [0.1, 0.15) is 0 Å². The van der Waals surface area contributed by atoms with Gasteiger partial charge < -0.3 is 10.2 Å². The number of halogens is 1. The fourth-order valence-electron chi connectivity index (χ4n) is 3.10. The molecule has 0 saturated carbocycles. The zero-order chi connectivity index (χ0) is 18.9. The number of carbonyl (C=O) groups excluding carboxylic acids is 1. The molecule has 0 radical (unpaired) electrons. The number of piperazine rings is 1. The van der Waals surface area contributed by atoms with Gasteiger partial charge in [-0.15, -0.1) is 11.8 Å². The molecule has 3 rings (SSSR count). The Morgan fingerprint density at radius 1 is 1.04 bits per heavy atom. The number of nitrogens with zero attached hydrogens (tertiary/aromatic N) is 2. The van der Waals surface area contributed by atoms with E-state index in [1.165, 1.54) is 4.90 Å². The molecule has 0 bridgehead atoms. The summed E-state index contributed by atoms with van der Waals surface area (Å²) in [6.45, 7) is 4.84. The van der Waals surface area contributed by atoms with Crippen LogP contribution < -0.4 is 10.2 Å². The standard InChI is InChI=1S/C21H26ClN3OS/c22-18-6-4-7-19(16-18)25-13-11-24(12-14-25)17-21(26)23-10-5-15-27-20-8-2-1-3-9-20/h1-4,6-9,16H,5,10-15,17H2,(H,23,26). The summed E-state index contributed by atoms with van der Waals surface area (Å²) in [5, 5.41) is 3.81. The Bertz CT molecular complexity index is 720. The molecular formula is C21H26ClN3OS. The van der Waals surface area contributed by atoms with E-state index in [4.69, 9.17) is 11.6 Å². The molecule has 27 heavy (non-hydrogen) atoms. The van der Waals surface area contributed by atoms with Crippen LogP contribution in [0.25, 0.3) is 0 Å². The third kappa shape index (κ3) is 6.76. The van der Waals surface area contributed by atoms with Gasteiger partial charge in [0.25, 0.3) is 0 Å². The highest BCUT2D eigenvalue weighted by atomic mass is 35.5. The third-order valence-corrected chi connectivity index (χ3v) is 5.90. The Hall–Kier alpha value is -1.69. The van der Waals surface area contributed by atoms with Crippen LogP contribution in [0.5, 0.6) is 0 Å². The molecule has 2 aromatic rings. The molecule has 1 N–H and O–H groups in total. The van der Waals surface area contributed by atoms with Crippen LogP contribution in [0.15, 0.2) is 59.5 Å². The van der Waals surface area contributed by atoms with E-state index in [2.05, 4.69) is 45.4 Å². The van der Waals surface area contributed by atoms with Crippen LogP contribution in [-0.4, -0.2) is 55.8 Å². The second kappa shape index (κ2) is 10.6. The Balaban J connectivity index is 1.29. The molecule has 1 heterocycles. The largest absolute Gasteiger partial charge is 0.369 e. The van der Waals surface area contributed by atoms with Crippen molar-refractivity contribution in [1.82, 2.24) is 10.2 Å². The van der Waals surface area contributed by atoms with Gasteiger partial charge in [-0.1, -0.05) is 35.9 Å². The zero-order valence-corrected chi connectivity index (χ0v) is 17.0. The number of thioether (sulfide) groups is 1. The van der Waals surface area contributed by atoms with Crippen LogP contribution >= 0.6 is 23.4 Å². The van der Waals surface area contributed by atoms with Gasteiger partial charge in [0.15, 0.2) is 0 Å². The lowest BCUT2D eigenvalue weighted by molar-refractivity contribution is -0.122. The Morgan fingerprint density at radius 3 is 2.56 bits per heavy atom. The fraction of sp³-hybridized carbons (Fsp3) is 0.381. The number of hydrogen-bond donors (Lipinski definition) is 1. The van der Waals surface area contributed by atoms with E-state index in [1.807, 2.05) is 36.0 Å². The minimum absolute atomic E-state index is 0.121. The lowest BCUT2D eigenvalue weighted by Gasteiger charge is -2.35. The second-order valence-corrected chi connectivity index (χ2v) is 8.21. The summed E-state index contributed by atoms with van der Waals surface area (Å²) in [5.41, 5.74) is 1.16. The van der Waals surface area contributed by atoms with Gasteiger partial charge in [-0.3, -0.25) is 9.69 Å². The molecule has 0 spiro atoms. The van der Waals surface area contributed by atoms with Crippen LogP contribution in [0.2, 0.25) is 5.02 Å². The predicted octanol–water partition coefficient (Wildman–Crippen LogP) is 3.76. The summed E-state index contributed by atoms with van der Waals surface area (Å²) >= 11 is 7.91. The highest BCUT2D eigenvalue weighted by molar-refractivity contribution is 7.99. The molecule has 0 aromatic heterocycles. The average Bonchev–Trinajstić information content (AvgIpc) is 2.69. The molecule has 1 amide bonds. The summed E-state index contributed by atoms with van der Waals surface area (Å²) in [7, 11) is 0. The quantitative estimate of drug-likeness (QED) is 0.537. The number of nitrogens with one attached hydrogen (secondary N) is 1. The average molecular weight is 404 g/mol. The smallest absolute Gasteiger partial charge is 0.234 e. The van der Waals surface area contributed by atoms with Crippen LogP contribution in [0.3, 0.4) is 0 Å². The van der Waals surface area contributed by atoms with E-state index >= 15 is 0 Å². The van der Waals surface area contributed by atoms with Crippen LogP contribution in [0.1, 0.15) is 6.42 Å². The maximum Gasteiger partial charge on any atom is 0.234 e. The van der Waals surface area contributed by atoms with Crippen molar-refractivity contribution in [3.8, 4) is 0 Å². The molecule has 0 aliphatic carbocycles. The first kappa shape index (κ1) is 20.1. The van der Waals surface area contributed by atoms with Crippen LogP contribution in [0.4, 0.5) is 5.69 Å². The normalized spacial score (nSPS) is 14.9. The number of benzene rings is 2. The SMILES string of the molecule is O=C(CN1CCN(c2cccc(Cl)c2)CC1)NCCCSc1ccccc1. The van der Waals surface area contributed by atoms with Crippen molar-refractivity contribution in [2.75, 3.05) is 49.9 Å². The molecule has 1 aliphatic heterocycles. The Kier molecular flexibility index (Phi) is 7.87. The van der Waals surface area contributed by atoms with E-state index in [0.29, 0.717) is 6.54 Å². The summed E-state index contributed by atoms with van der Waals surface area (Å²) in [6.07, 6.45) is 0.980. The fourth-order valence-corrected chi connectivity index (χ4v) is 4.16.